The van der Waals surface area contributed by atoms with Crippen molar-refractivity contribution in [1.29, 1.82) is 0 Å². The molecular formula is C27H27N3O4. The van der Waals surface area contributed by atoms with E-state index >= 15 is 0 Å². The highest BCUT2D eigenvalue weighted by molar-refractivity contribution is 5.89. The molecule has 0 saturated heterocycles. The van der Waals surface area contributed by atoms with E-state index in [2.05, 4.69) is 15.8 Å². The van der Waals surface area contributed by atoms with Gasteiger partial charge in [0.05, 0.1) is 19.9 Å². The summed E-state index contributed by atoms with van der Waals surface area (Å²) in [6.45, 7) is 4.09. The number of esters is 1. The van der Waals surface area contributed by atoms with Gasteiger partial charge in [0.1, 0.15) is 11.5 Å². The predicted molar refractivity (Wildman–Crippen MR) is 134 cm³/mol. The zero-order valence-corrected chi connectivity index (χ0v) is 19.4. The van der Waals surface area contributed by atoms with Crippen molar-refractivity contribution in [2.75, 3.05) is 19.0 Å². The zero-order valence-electron chi connectivity index (χ0n) is 19.4. The predicted octanol–water partition coefficient (Wildman–Crippen LogP) is 4.49. The summed E-state index contributed by atoms with van der Waals surface area (Å²) in [6, 6.07) is 20.1. The summed E-state index contributed by atoms with van der Waals surface area (Å²) in [6.07, 6.45) is 4.55. The number of amides is 1. The van der Waals surface area contributed by atoms with Gasteiger partial charge in [-0.25, -0.2) is 10.2 Å². The van der Waals surface area contributed by atoms with Gasteiger partial charge in [-0.3, -0.25) is 4.79 Å². The summed E-state index contributed by atoms with van der Waals surface area (Å²) >= 11 is 0. The fourth-order valence-corrected chi connectivity index (χ4v) is 3.13. The lowest BCUT2D eigenvalue weighted by molar-refractivity contribution is -0.129. The number of carbonyl (C=O) groups is 2. The van der Waals surface area contributed by atoms with Gasteiger partial charge >= 0.3 is 5.97 Å². The van der Waals surface area contributed by atoms with E-state index in [4.69, 9.17) is 9.47 Å². The molecule has 0 saturated carbocycles. The largest absolute Gasteiger partial charge is 0.497 e. The number of anilines is 1. The summed E-state index contributed by atoms with van der Waals surface area (Å²) in [4.78, 5) is 24.1. The number of carbonyl (C=O) groups excluding carboxylic acids is 2. The van der Waals surface area contributed by atoms with Gasteiger partial charge < -0.3 is 14.8 Å². The monoisotopic (exact) mass is 457 g/mol. The molecule has 1 amide bonds. The molecule has 3 aromatic carbocycles. The Bertz CT molecular complexity index is 1160. The normalized spacial score (nSPS) is 10.9. The van der Waals surface area contributed by atoms with Crippen LogP contribution in [0.2, 0.25) is 0 Å². The summed E-state index contributed by atoms with van der Waals surface area (Å²) in [5, 5.41) is 7.11. The summed E-state index contributed by atoms with van der Waals surface area (Å²) < 4.78 is 10.4. The van der Waals surface area contributed by atoms with Gasteiger partial charge in [0, 0.05) is 11.8 Å². The van der Waals surface area contributed by atoms with Crippen molar-refractivity contribution in [3.63, 3.8) is 0 Å². The molecule has 0 atom stereocenters. The van der Waals surface area contributed by atoms with E-state index in [9.17, 15) is 9.59 Å². The highest BCUT2D eigenvalue weighted by Crippen LogP contribution is 2.19. The van der Waals surface area contributed by atoms with E-state index in [0.29, 0.717) is 5.75 Å². The second-order valence-corrected chi connectivity index (χ2v) is 7.51. The molecule has 0 unspecified atom stereocenters. The molecular weight excluding hydrogens is 430 g/mol. The van der Waals surface area contributed by atoms with Gasteiger partial charge in [-0.1, -0.05) is 30.3 Å². The van der Waals surface area contributed by atoms with Crippen molar-refractivity contribution in [2.45, 2.75) is 13.8 Å². The standard InChI is InChI=1S/C27H27N3O4/c1-19-5-4-6-20(2)27(19)28-18-25(31)30-29-17-22-9-14-24(15-10-22)34-26(32)16-11-21-7-12-23(33-3)13-8-21/h4-17,28H,18H2,1-3H3,(H,30,31)/b16-11+,29-17-. The van der Waals surface area contributed by atoms with Crippen LogP contribution in [-0.4, -0.2) is 31.7 Å². The Morgan fingerprint density at radius 2 is 1.50 bits per heavy atom. The molecule has 0 bridgehead atoms. The quantitative estimate of drug-likeness (QED) is 0.162. The lowest BCUT2D eigenvalue weighted by atomic mass is 10.1. The molecule has 0 fully saturated rings. The number of para-hydroxylation sites is 1. The number of hydrazone groups is 1. The first-order valence-corrected chi connectivity index (χ1v) is 10.7. The number of ether oxygens (including phenoxy) is 2. The minimum atomic E-state index is -0.485. The average Bonchev–Trinajstić information content (AvgIpc) is 2.84. The van der Waals surface area contributed by atoms with Crippen LogP contribution in [0.3, 0.4) is 0 Å². The van der Waals surface area contributed by atoms with Gasteiger partial charge in [-0.2, -0.15) is 5.10 Å². The maximum Gasteiger partial charge on any atom is 0.336 e. The van der Waals surface area contributed by atoms with Crippen molar-refractivity contribution < 1.29 is 19.1 Å². The molecule has 34 heavy (non-hydrogen) atoms. The average molecular weight is 458 g/mol. The summed E-state index contributed by atoms with van der Waals surface area (Å²) in [7, 11) is 1.60. The highest BCUT2D eigenvalue weighted by Gasteiger charge is 2.05. The number of nitrogens with zero attached hydrogens (tertiary/aromatic N) is 1. The summed E-state index contributed by atoms with van der Waals surface area (Å²) in [5.74, 6) is 0.411. The minimum absolute atomic E-state index is 0.113. The van der Waals surface area contributed by atoms with Crippen LogP contribution in [0.4, 0.5) is 5.69 Å². The molecule has 0 heterocycles. The Morgan fingerprint density at radius 1 is 0.882 bits per heavy atom. The maximum absolute atomic E-state index is 12.0. The van der Waals surface area contributed by atoms with E-state index in [1.165, 1.54) is 12.3 Å². The molecule has 3 rings (SSSR count). The molecule has 0 radical (unpaired) electrons. The van der Waals surface area contributed by atoms with Crippen LogP contribution < -0.4 is 20.2 Å². The van der Waals surface area contributed by atoms with Gasteiger partial charge in [0.25, 0.3) is 5.91 Å². The van der Waals surface area contributed by atoms with Crippen molar-refractivity contribution in [3.8, 4) is 11.5 Å². The maximum atomic E-state index is 12.0. The van der Waals surface area contributed by atoms with Crippen molar-refractivity contribution in [1.82, 2.24) is 5.43 Å². The van der Waals surface area contributed by atoms with E-state index < -0.39 is 5.97 Å². The van der Waals surface area contributed by atoms with Gasteiger partial charge in [0.15, 0.2) is 0 Å². The van der Waals surface area contributed by atoms with Gasteiger partial charge in [-0.05, 0) is 78.6 Å². The number of nitrogens with one attached hydrogen (secondary N) is 2. The van der Waals surface area contributed by atoms with Crippen LogP contribution in [0, 0.1) is 13.8 Å². The number of aryl methyl sites for hydroxylation is 2. The lowest BCUT2D eigenvalue weighted by Crippen LogP contribution is -2.26. The number of hydrogen-bond acceptors (Lipinski definition) is 6. The Morgan fingerprint density at radius 3 is 2.15 bits per heavy atom. The minimum Gasteiger partial charge on any atom is -0.497 e. The topological polar surface area (TPSA) is 89.0 Å². The van der Waals surface area contributed by atoms with Gasteiger partial charge in [0.2, 0.25) is 0 Å². The Kier molecular flexibility index (Phi) is 8.57. The molecule has 0 aliphatic heterocycles. The lowest BCUT2D eigenvalue weighted by Gasteiger charge is -2.11. The van der Waals surface area contributed by atoms with E-state index in [1.54, 1.807) is 37.5 Å². The van der Waals surface area contributed by atoms with Crippen molar-refractivity contribution in [2.24, 2.45) is 5.10 Å². The third kappa shape index (κ3) is 7.34. The second kappa shape index (κ2) is 12.0. The molecule has 7 nitrogen and oxygen atoms in total. The fraction of sp³-hybridized carbons (Fsp3) is 0.148. The number of methoxy groups -OCH3 is 1. The smallest absolute Gasteiger partial charge is 0.336 e. The zero-order chi connectivity index (χ0) is 24.3. The molecule has 2 N–H and O–H groups in total. The Hall–Kier alpha value is -4.39. The molecule has 0 aliphatic rings. The Labute approximate surface area is 199 Å². The molecule has 7 heteroatoms. The fourth-order valence-electron chi connectivity index (χ4n) is 3.13. The van der Waals surface area contributed by atoms with Crippen molar-refractivity contribution in [3.05, 3.63) is 95.1 Å². The molecule has 0 aliphatic carbocycles. The number of hydrogen-bond donors (Lipinski definition) is 2. The van der Waals surface area contributed by atoms with Crippen LogP contribution in [-0.2, 0) is 9.59 Å². The van der Waals surface area contributed by atoms with E-state index in [0.717, 1.165) is 33.7 Å². The van der Waals surface area contributed by atoms with E-state index in [-0.39, 0.29) is 12.5 Å². The first kappa shape index (κ1) is 24.3. The van der Waals surface area contributed by atoms with Crippen molar-refractivity contribution >= 4 is 29.9 Å². The third-order valence-electron chi connectivity index (χ3n) is 4.94. The SMILES string of the molecule is COc1ccc(/C=C/C(=O)Oc2ccc(/C=N\NC(=O)CNc3c(C)cccc3C)cc2)cc1. The van der Waals surface area contributed by atoms with Crippen LogP contribution in [0.15, 0.2) is 77.9 Å². The third-order valence-corrected chi connectivity index (χ3v) is 4.94. The van der Waals surface area contributed by atoms with E-state index in [1.807, 2.05) is 56.3 Å². The molecule has 0 aromatic heterocycles. The first-order valence-electron chi connectivity index (χ1n) is 10.7. The number of rotatable bonds is 9. The van der Waals surface area contributed by atoms with Gasteiger partial charge in [-0.15, -0.1) is 0 Å². The van der Waals surface area contributed by atoms with Crippen LogP contribution in [0.25, 0.3) is 6.08 Å². The summed E-state index contributed by atoms with van der Waals surface area (Å²) in [5.41, 5.74) is 7.20. The van der Waals surface area contributed by atoms with Crippen LogP contribution >= 0.6 is 0 Å². The molecule has 0 spiro atoms. The molecule has 3 aromatic rings. The highest BCUT2D eigenvalue weighted by atomic mass is 16.5. The Balaban J connectivity index is 1.44. The number of benzene rings is 3. The second-order valence-electron chi connectivity index (χ2n) is 7.51. The van der Waals surface area contributed by atoms with Crippen LogP contribution in [0.5, 0.6) is 11.5 Å². The molecule has 174 valence electrons. The van der Waals surface area contributed by atoms with Crippen LogP contribution in [0.1, 0.15) is 22.3 Å². The first-order chi connectivity index (χ1) is 16.4.